The molecule has 0 spiro atoms. The Balaban J connectivity index is 2.16. The maximum absolute atomic E-state index is 13.2. The minimum Gasteiger partial charge on any atom is -0.454 e. The molecule has 1 unspecified atom stereocenters. The summed E-state index contributed by atoms with van der Waals surface area (Å²) < 4.78 is 8.83. The smallest absolute Gasteiger partial charge is 0.281 e. The summed E-state index contributed by atoms with van der Waals surface area (Å²) in [4.78, 5) is 29.9. The number of fused-ring (bicyclic) bond motifs is 1. The molecule has 3 aromatic rings. The second-order valence-electron chi connectivity index (χ2n) is 7.90. The van der Waals surface area contributed by atoms with Crippen molar-refractivity contribution in [2.75, 3.05) is 18.6 Å². The number of carbonyl (C=O) groups excluding carboxylic acids is 1. The number of nitrogens with one attached hydrogen (secondary N) is 2. The van der Waals surface area contributed by atoms with E-state index in [2.05, 4.69) is 15.0 Å². The quantitative estimate of drug-likeness (QED) is 0.165. The summed E-state index contributed by atoms with van der Waals surface area (Å²) in [5.41, 5.74) is 9.22. The van der Waals surface area contributed by atoms with Crippen molar-refractivity contribution in [2.24, 2.45) is 11.6 Å². The molecule has 34 heavy (non-hydrogen) atoms. The fourth-order valence-corrected chi connectivity index (χ4v) is 4.05. The molecule has 1 aromatic carbocycles. The van der Waals surface area contributed by atoms with Crippen molar-refractivity contribution >= 4 is 51.8 Å². The lowest BCUT2D eigenvalue weighted by molar-refractivity contribution is 0.0980. The van der Waals surface area contributed by atoms with Crippen molar-refractivity contribution < 1.29 is 9.21 Å². The number of rotatable bonds is 7. The van der Waals surface area contributed by atoms with Gasteiger partial charge in [0, 0.05) is 30.6 Å². The van der Waals surface area contributed by atoms with E-state index in [1.807, 2.05) is 19.9 Å². The van der Waals surface area contributed by atoms with E-state index in [4.69, 9.17) is 27.6 Å². The molecule has 0 saturated carbocycles. The molecule has 0 aliphatic carbocycles. The highest BCUT2D eigenvalue weighted by Crippen LogP contribution is 2.31. The van der Waals surface area contributed by atoms with Gasteiger partial charge in [0.1, 0.15) is 10.7 Å². The highest BCUT2D eigenvalue weighted by Gasteiger charge is 2.21. The van der Waals surface area contributed by atoms with E-state index in [0.717, 1.165) is 17.5 Å². The number of pyridine rings is 1. The summed E-state index contributed by atoms with van der Waals surface area (Å²) in [6.45, 7) is 5.46. The normalized spacial score (nSPS) is 12.5. The molecule has 3 rings (SSSR count). The maximum atomic E-state index is 13.2. The van der Waals surface area contributed by atoms with Crippen molar-refractivity contribution in [3.8, 4) is 0 Å². The SMILES string of the molecule is CSNC(=O)c1nc(Cl)ccc1NC(C)c1cc(C)cc2c(=O)c(C)c(/C(N)=C/N(C)N)oc12. The number of hydrogen-bond donors (Lipinski definition) is 4. The van der Waals surface area contributed by atoms with Gasteiger partial charge in [-0.3, -0.25) is 14.3 Å². The Labute approximate surface area is 206 Å². The minimum absolute atomic E-state index is 0.154. The molecule has 1 atom stereocenters. The topological polar surface area (TPSA) is 140 Å². The lowest BCUT2D eigenvalue weighted by Gasteiger charge is -2.20. The maximum Gasteiger partial charge on any atom is 0.281 e. The monoisotopic (exact) mass is 502 g/mol. The predicted molar refractivity (Wildman–Crippen MR) is 138 cm³/mol. The lowest BCUT2D eigenvalue weighted by atomic mass is 9.99. The van der Waals surface area contributed by atoms with Gasteiger partial charge in [0.2, 0.25) is 0 Å². The van der Waals surface area contributed by atoms with Gasteiger partial charge in [-0.25, -0.2) is 10.8 Å². The van der Waals surface area contributed by atoms with Crippen LogP contribution in [0.5, 0.6) is 0 Å². The zero-order chi connectivity index (χ0) is 25.2. The first-order chi connectivity index (χ1) is 16.0. The van der Waals surface area contributed by atoms with Crippen LogP contribution in [0.25, 0.3) is 16.7 Å². The van der Waals surface area contributed by atoms with Crippen molar-refractivity contribution in [2.45, 2.75) is 26.8 Å². The standard InChI is InChI=1S/C23H27ClN6O3S/c1-11-8-14(13(3)27-17-6-7-18(24)28-19(17)23(32)29-34-5)22-15(9-11)20(31)12(2)21(33-22)16(25)10-30(4)26/h6-10,13,27H,25-26H2,1-5H3,(H,29,32)/b16-10-. The van der Waals surface area contributed by atoms with Gasteiger partial charge in [-0.15, -0.1) is 0 Å². The number of aryl methyl sites for hydroxylation is 1. The molecule has 2 aromatic heterocycles. The first-order valence-corrected chi connectivity index (χ1v) is 11.9. The number of hydrazine groups is 1. The van der Waals surface area contributed by atoms with Crippen LogP contribution in [-0.2, 0) is 0 Å². The fraction of sp³-hybridized carbons (Fsp3) is 0.261. The van der Waals surface area contributed by atoms with E-state index in [-0.39, 0.29) is 39.7 Å². The first kappa shape index (κ1) is 25.4. The van der Waals surface area contributed by atoms with Gasteiger partial charge < -0.3 is 20.5 Å². The van der Waals surface area contributed by atoms with E-state index in [9.17, 15) is 9.59 Å². The Kier molecular flexibility index (Phi) is 7.75. The molecule has 0 aliphatic heterocycles. The number of aromatic nitrogens is 1. The third-order valence-corrected chi connectivity index (χ3v) is 5.71. The highest BCUT2D eigenvalue weighted by molar-refractivity contribution is 7.97. The van der Waals surface area contributed by atoms with E-state index in [0.29, 0.717) is 27.8 Å². The summed E-state index contributed by atoms with van der Waals surface area (Å²) in [6.07, 6.45) is 3.21. The van der Waals surface area contributed by atoms with Gasteiger partial charge in [-0.2, -0.15) is 0 Å². The van der Waals surface area contributed by atoms with Gasteiger partial charge >= 0.3 is 0 Å². The van der Waals surface area contributed by atoms with Crippen LogP contribution >= 0.6 is 23.5 Å². The Morgan fingerprint density at radius 3 is 2.68 bits per heavy atom. The molecule has 0 radical (unpaired) electrons. The Morgan fingerprint density at radius 1 is 1.32 bits per heavy atom. The van der Waals surface area contributed by atoms with E-state index < -0.39 is 0 Å². The minimum atomic E-state index is -0.382. The van der Waals surface area contributed by atoms with Crippen LogP contribution in [0.3, 0.4) is 0 Å². The van der Waals surface area contributed by atoms with Crippen LogP contribution in [0.4, 0.5) is 5.69 Å². The number of nitrogens with zero attached hydrogens (tertiary/aromatic N) is 2. The van der Waals surface area contributed by atoms with Crippen LogP contribution < -0.4 is 27.0 Å². The molecule has 0 bridgehead atoms. The second kappa shape index (κ2) is 10.4. The largest absolute Gasteiger partial charge is 0.454 e. The zero-order valence-electron chi connectivity index (χ0n) is 19.5. The summed E-state index contributed by atoms with van der Waals surface area (Å²) >= 11 is 7.18. The van der Waals surface area contributed by atoms with Crippen LogP contribution in [0.1, 0.15) is 45.9 Å². The summed E-state index contributed by atoms with van der Waals surface area (Å²) in [5.74, 6) is 5.55. The van der Waals surface area contributed by atoms with Gasteiger partial charge in [-0.1, -0.05) is 29.6 Å². The number of benzene rings is 1. The number of hydrogen-bond acceptors (Lipinski definition) is 9. The number of anilines is 1. The predicted octanol–water partition coefficient (Wildman–Crippen LogP) is 3.70. The average molecular weight is 503 g/mol. The molecule has 2 heterocycles. The van der Waals surface area contributed by atoms with Gasteiger partial charge in [0.25, 0.3) is 5.91 Å². The molecular weight excluding hydrogens is 476 g/mol. The Bertz CT molecular complexity index is 1340. The van der Waals surface area contributed by atoms with E-state index in [1.165, 1.54) is 11.2 Å². The van der Waals surface area contributed by atoms with Crippen molar-refractivity contribution in [3.63, 3.8) is 0 Å². The summed E-state index contributed by atoms with van der Waals surface area (Å²) in [7, 11) is 1.62. The Morgan fingerprint density at radius 2 is 2.03 bits per heavy atom. The van der Waals surface area contributed by atoms with Crippen LogP contribution in [0.15, 0.2) is 39.7 Å². The Hall–Kier alpha value is -3.21. The molecule has 180 valence electrons. The number of halogens is 1. The lowest BCUT2D eigenvalue weighted by Crippen LogP contribution is -2.22. The van der Waals surface area contributed by atoms with E-state index in [1.54, 1.807) is 38.4 Å². The van der Waals surface area contributed by atoms with Crippen LogP contribution in [0, 0.1) is 13.8 Å². The van der Waals surface area contributed by atoms with Crippen LogP contribution in [-0.4, -0.2) is 29.2 Å². The summed E-state index contributed by atoms with van der Waals surface area (Å²) in [5, 5.41) is 5.22. The van der Waals surface area contributed by atoms with E-state index >= 15 is 0 Å². The van der Waals surface area contributed by atoms with Gasteiger partial charge in [-0.05, 0) is 44.5 Å². The molecule has 11 heteroatoms. The third kappa shape index (κ3) is 5.30. The molecule has 0 aliphatic rings. The first-order valence-electron chi connectivity index (χ1n) is 10.3. The van der Waals surface area contributed by atoms with Gasteiger partial charge in [0.15, 0.2) is 16.9 Å². The number of carbonyl (C=O) groups is 1. The van der Waals surface area contributed by atoms with Crippen molar-refractivity contribution in [1.29, 1.82) is 0 Å². The molecular formula is C23H27ClN6O3S. The molecule has 0 saturated heterocycles. The third-order valence-electron chi connectivity index (χ3n) is 5.11. The second-order valence-corrected chi connectivity index (χ2v) is 8.90. The zero-order valence-corrected chi connectivity index (χ0v) is 21.1. The molecule has 1 amide bonds. The van der Waals surface area contributed by atoms with Crippen molar-refractivity contribution in [1.82, 2.24) is 14.7 Å². The van der Waals surface area contributed by atoms with Crippen molar-refractivity contribution in [3.05, 3.63) is 74.0 Å². The van der Waals surface area contributed by atoms with Gasteiger partial charge in [0.05, 0.1) is 22.8 Å². The number of nitrogens with two attached hydrogens (primary N) is 2. The molecule has 0 fully saturated rings. The highest BCUT2D eigenvalue weighted by atomic mass is 35.5. The van der Waals surface area contributed by atoms with Crippen LogP contribution in [0.2, 0.25) is 5.15 Å². The fourth-order valence-electron chi connectivity index (χ4n) is 3.62. The molecule has 9 nitrogen and oxygen atoms in total. The molecule has 6 N–H and O–H groups in total. The average Bonchev–Trinajstić information content (AvgIpc) is 2.76. The summed E-state index contributed by atoms with van der Waals surface area (Å²) in [6, 6.07) is 6.61. The number of amides is 1.